The summed E-state index contributed by atoms with van der Waals surface area (Å²) < 4.78 is 2.02. The van der Waals surface area contributed by atoms with Crippen LogP contribution in [0.1, 0.15) is 39.0 Å². The third-order valence-corrected chi connectivity index (χ3v) is 3.68. The minimum Gasteiger partial charge on any atom is -0.369 e. The van der Waals surface area contributed by atoms with Crippen molar-refractivity contribution in [2.24, 2.45) is 0 Å². The van der Waals surface area contributed by atoms with E-state index in [1.807, 2.05) is 23.0 Å². The van der Waals surface area contributed by atoms with Gasteiger partial charge in [-0.25, -0.2) is 9.97 Å². The molecule has 0 spiro atoms. The number of aromatic nitrogens is 3. The minimum atomic E-state index is 0.540. The first-order chi connectivity index (χ1) is 9.36. The van der Waals surface area contributed by atoms with Crippen molar-refractivity contribution in [2.75, 3.05) is 17.2 Å². The van der Waals surface area contributed by atoms with Crippen molar-refractivity contribution in [1.29, 1.82) is 0 Å². The monoisotopic (exact) mass is 259 g/mol. The molecule has 19 heavy (non-hydrogen) atoms. The van der Waals surface area contributed by atoms with Crippen molar-refractivity contribution in [2.45, 2.75) is 45.1 Å². The van der Waals surface area contributed by atoms with E-state index in [1.165, 1.54) is 32.1 Å². The third-order valence-electron chi connectivity index (χ3n) is 3.68. The van der Waals surface area contributed by atoms with Crippen LogP contribution in [0.4, 0.5) is 11.6 Å². The summed E-state index contributed by atoms with van der Waals surface area (Å²) in [5.74, 6) is 1.79. The molecule has 0 unspecified atom stereocenters. The zero-order chi connectivity index (χ0) is 13.1. The van der Waals surface area contributed by atoms with E-state index in [0.717, 1.165) is 23.8 Å². The van der Waals surface area contributed by atoms with Gasteiger partial charge in [-0.15, -0.1) is 0 Å². The van der Waals surface area contributed by atoms with Crippen LogP contribution in [0.3, 0.4) is 0 Å². The summed E-state index contributed by atoms with van der Waals surface area (Å²) >= 11 is 0. The summed E-state index contributed by atoms with van der Waals surface area (Å²) in [6.45, 7) is 2.95. The number of anilines is 2. The standard InChI is InChI=1S/C14H21N5/c1-2-15-12-10-19-9-8-16-14(19)13(18-12)17-11-6-4-3-5-7-11/h8-11,15H,2-7H2,1H3,(H,17,18). The fourth-order valence-electron chi connectivity index (χ4n) is 2.74. The Morgan fingerprint density at radius 2 is 2.16 bits per heavy atom. The van der Waals surface area contributed by atoms with Crippen LogP contribution in [-0.4, -0.2) is 27.0 Å². The van der Waals surface area contributed by atoms with Gasteiger partial charge >= 0.3 is 0 Å². The van der Waals surface area contributed by atoms with Gasteiger partial charge in [0.15, 0.2) is 11.5 Å². The average Bonchev–Trinajstić information content (AvgIpc) is 2.89. The molecule has 2 N–H and O–H groups in total. The van der Waals surface area contributed by atoms with Crippen LogP contribution >= 0.6 is 0 Å². The molecule has 1 aliphatic carbocycles. The molecule has 2 aromatic rings. The Bertz CT molecular complexity index is 542. The van der Waals surface area contributed by atoms with Crippen molar-refractivity contribution in [1.82, 2.24) is 14.4 Å². The van der Waals surface area contributed by atoms with Gasteiger partial charge in [0.2, 0.25) is 0 Å². The summed E-state index contributed by atoms with van der Waals surface area (Å²) in [7, 11) is 0. The molecule has 0 aliphatic heterocycles. The van der Waals surface area contributed by atoms with Crippen LogP contribution < -0.4 is 10.6 Å². The Morgan fingerprint density at radius 3 is 2.95 bits per heavy atom. The topological polar surface area (TPSA) is 54.2 Å². The highest BCUT2D eigenvalue weighted by atomic mass is 15.1. The van der Waals surface area contributed by atoms with Crippen molar-refractivity contribution in [3.05, 3.63) is 18.6 Å². The summed E-state index contributed by atoms with van der Waals surface area (Å²) in [6.07, 6.45) is 12.2. The molecule has 0 radical (unpaired) electrons. The van der Waals surface area contributed by atoms with Crippen molar-refractivity contribution in [3.8, 4) is 0 Å². The molecule has 2 heterocycles. The van der Waals surface area contributed by atoms with Gasteiger partial charge in [-0.05, 0) is 19.8 Å². The molecule has 0 amide bonds. The molecule has 5 nitrogen and oxygen atoms in total. The van der Waals surface area contributed by atoms with Crippen LogP contribution in [0.2, 0.25) is 0 Å². The fourth-order valence-corrected chi connectivity index (χ4v) is 2.74. The quantitative estimate of drug-likeness (QED) is 0.886. The number of nitrogens with one attached hydrogen (secondary N) is 2. The number of nitrogens with zero attached hydrogens (tertiary/aromatic N) is 3. The van der Waals surface area contributed by atoms with Crippen LogP contribution in [0.15, 0.2) is 18.6 Å². The lowest BCUT2D eigenvalue weighted by molar-refractivity contribution is 0.462. The van der Waals surface area contributed by atoms with Gasteiger partial charge in [-0.2, -0.15) is 0 Å². The van der Waals surface area contributed by atoms with E-state index < -0.39 is 0 Å². The number of hydrogen-bond acceptors (Lipinski definition) is 4. The maximum absolute atomic E-state index is 4.65. The van der Waals surface area contributed by atoms with Gasteiger partial charge in [-0.3, -0.25) is 0 Å². The van der Waals surface area contributed by atoms with Gasteiger partial charge in [0.1, 0.15) is 5.82 Å². The second-order valence-electron chi connectivity index (χ2n) is 5.14. The van der Waals surface area contributed by atoms with E-state index in [-0.39, 0.29) is 0 Å². The maximum atomic E-state index is 4.65. The lowest BCUT2D eigenvalue weighted by Gasteiger charge is -2.23. The maximum Gasteiger partial charge on any atom is 0.180 e. The second-order valence-corrected chi connectivity index (χ2v) is 5.14. The van der Waals surface area contributed by atoms with Gasteiger partial charge in [0, 0.05) is 25.0 Å². The van der Waals surface area contributed by atoms with E-state index in [2.05, 4.69) is 27.5 Å². The second kappa shape index (κ2) is 5.47. The van der Waals surface area contributed by atoms with Crippen molar-refractivity contribution < 1.29 is 0 Å². The van der Waals surface area contributed by atoms with E-state index in [9.17, 15) is 0 Å². The summed E-state index contributed by atoms with van der Waals surface area (Å²) in [6, 6.07) is 0.540. The highest BCUT2D eigenvalue weighted by Gasteiger charge is 2.16. The Kier molecular flexibility index (Phi) is 3.53. The zero-order valence-corrected chi connectivity index (χ0v) is 11.4. The molecule has 5 heteroatoms. The van der Waals surface area contributed by atoms with Crippen LogP contribution in [0.5, 0.6) is 0 Å². The number of fused-ring (bicyclic) bond motifs is 1. The predicted octanol–water partition coefficient (Wildman–Crippen LogP) is 2.91. The third kappa shape index (κ3) is 2.64. The van der Waals surface area contributed by atoms with Crippen LogP contribution in [0.25, 0.3) is 5.65 Å². The SMILES string of the molecule is CCNc1cn2ccnc2c(NC2CCCCC2)n1. The Labute approximate surface area is 113 Å². The predicted molar refractivity (Wildman–Crippen MR) is 77.6 cm³/mol. The molecule has 102 valence electrons. The molecular weight excluding hydrogens is 238 g/mol. The summed E-state index contributed by atoms with van der Waals surface area (Å²) in [5, 5.41) is 6.84. The lowest BCUT2D eigenvalue weighted by Crippen LogP contribution is -2.23. The zero-order valence-electron chi connectivity index (χ0n) is 11.4. The Balaban J connectivity index is 1.88. The highest BCUT2D eigenvalue weighted by Crippen LogP contribution is 2.23. The van der Waals surface area contributed by atoms with E-state index in [1.54, 1.807) is 0 Å². The normalized spacial score (nSPS) is 16.7. The van der Waals surface area contributed by atoms with Gasteiger partial charge in [0.05, 0.1) is 6.20 Å². The van der Waals surface area contributed by atoms with E-state index >= 15 is 0 Å². The molecule has 2 aromatic heterocycles. The Morgan fingerprint density at radius 1 is 1.32 bits per heavy atom. The molecule has 3 rings (SSSR count). The highest BCUT2D eigenvalue weighted by molar-refractivity contribution is 5.65. The van der Waals surface area contributed by atoms with Gasteiger partial charge < -0.3 is 15.0 Å². The molecule has 1 fully saturated rings. The fraction of sp³-hybridized carbons (Fsp3) is 0.571. The largest absolute Gasteiger partial charge is 0.369 e. The molecule has 0 aromatic carbocycles. The summed E-state index contributed by atoms with van der Waals surface area (Å²) in [4.78, 5) is 9.05. The van der Waals surface area contributed by atoms with E-state index in [0.29, 0.717) is 6.04 Å². The number of hydrogen-bond donors (Lipinski definition) is 2. The molecule has 1 aliphatic rings. The summed E-state index contributed by atoms with van der Waals surface area (Å²) in [5.41, 5.74) is 0.909. The van der Waals surface area contributed by atoms with Crippen LogP contribution in [-0.2, 0) is 0 Å². The first-order valence-corrected chi connectivity index (χ1v) is 7.21. The lowest BCUT2D eigenvalue weighted by atomic mass is 9.95. The molecule has 0 atom stereocenters. The minimum absolute atomic E-state index is 0.540. The smallest absolute Gasteiger partial charge is 0.180 e. The van der Waals surface area contributed by atoms with Crippen molar-refractivity contribution in [3.63, 3.8) is 0 Å². The first-order valence-electron chi connectivity index (χ1n) is 7.21. The van der Waals surface area contributed by atoms with E-state index in [4.69, 9.17) is 0 Å². The Hall–Kier alpha value is -1.78. The van der Waals surface area contributed by atoms with Gasteiger partial charge in [0.25, 0.3) is 0 Å². The number of imidazole rings is 1. The average molecular weight is 259 g/mol. The molecule has 0 bridgehead atoms. The van der Waals surface area contributed by atoms with Crippen LogP contribution in [0, 0.1) is 0 Å². The molecule has 1 saturated carbocycles. The van der Waals surface area contributed by atoms with Crippen molar-refractivity contribution >= 4 is 17.3 Å². The first kappa shape index (κ1) is 12.3. The molecular formula is C14H21N5. The van der Waals surface area contributed by atoms with Gasteiger partial charge in [-0.1, -0.05) is 19.3 Å². The molecule has 0 saturated heterocycles. The number of rotatable bonds is 4.